The zero-order chi connectivity index (χ0) is 12.3. The molecule has 0 saturated carbocycles. The molecule has 0 unspecified atom stereocenters. The second-order valence-electron chi connectivity index (χ2n) is 3.26. The first-order valence-corrected chi connectivity index (χ1v) is 4.36. The van der Waals surface area contributed by atoms with Crippen molar-refractivity contribution in [2.75, 3.05) is 7.11 Å². The van der Waals surface area contributed by atoms with E-state index in [1.165, 1.54) is 31.4 Å². The summed E-state index contributed by atoms with van der Waals surface area (Å²) in [6, 6.07) is 5.51. The van der Waals surface area contributed by atoms with E-state index in [0.717, 1.165) is 6.92 Å². The summed E-state index contributed by atoms with van der Waals surface area (Å²) in [5.41, 5.74) is -2.32. The number of hydrogen-bond donors (Lipinski definition) is 0. The molecule has 0 aromatic heterocycles. The fraction of sp³-hybridized carbons (Fsp3) is 0.333. The van der Waals surface area contributed by atoms with Gasteiger partial charge in [0.25, 0.3) is 0 Å². The van der Waals surface area contributed by atoms with Gasteiger partial charge in [-0.05, 0) is 24.3 Å². The largest absolute Gasteiger partial charge is 0.497 e. The van der Waals surface area contributed by atoms with Crippen LogP contribution in [0.15, 0.2) is 24.3 Å². The molecule has 0 aliphatic heterocycles. The lowest BCUT2D eigenvalue weighted by molar-refractivity contribution is -0.805. The zero-order valence-electron chi connectivity index (χ0n) is 8.75. The van der Waals surface area contributed by atoms with Crippen LogP contribution in [0.3, 0.4) is 0 Å². The minimum atomic E-state index is -2.33. The van der Waals surface area contributed by atoms with Crippen molar-refractivity contribution < 1.29 is 14.6 Å². The van der Waals surface area contributed by atoms with Crippen LogP contribution in [0, 0.1) is 20.2 Å². The van der Waals surface area contributed by atoms with Crippen LogP contribution >= 0.6 is 0 Å². The maximum absolute atomic E-state index is 10.8. The van der Waals surface area contributed by atoms with Gasteiger partial charge in [0, 0.05) is 0 Å². The van der Waals surface area contributed by atoms with Crippen LogP contribution in [0.5, 0.6) is 5.75 Å². The van der Waals surface area contributed by atoms with E-state index < -0.39 is 15.5 Å². The molecule has 1 rings (SSSR count). The Morgan fingerprint density at radius 1 is 1.12 bits per heavy atom. The molecule has 1 aromatic carbocycles. The van der Waals surface area contributed by atoms with E-state index in [9.17, 15) is 20.2 Å². The van der Waals surface area contributed by atoms with Crippen molar-refractivity contribution in [1.29, 1.82) is 0 Å². The van der Waals surface area contributed by atoms with Crippen LogP contribution in [0.1, 0.15) is 12.5 Å². The molecular weight excluding hydrogens is 216 g/mol. The molecule has 0 aliphatic carbocycles. The third kappa shape index (κ3) is 1.79. The Labute approximate surface area is 90.9 Å². The Morgan fingerprint density at radius 2 is 1.56 bits per heavy atom. The molecule has 0 aliphatic rings. The number of hydrogen-bond acceptors (Lipinski definition) is 5. The van der Waals surface area contributed by atoms with Crippen molar-refractivity contribution in [2.24, 2.45) is 0 Å². The Hall–Kier alpha value is -2.18. The maximum Gasteiger partial charge on any atom is 0.481 e. The number of ether oxygens (including phenoxy) is 1. The average molecular weight is 226 g/mol. The molecule has 0 amide bonds. The molecule has 0 spiro atoms. The molecule has 1 aromatic rings. The summed E-state index contributed by atoms with van der Waals surface area (Å²) < 4.78 is 4.86. The van der Waals surface area contributed by atoms with Gasteiger partial charge in [-0.2, -0.15) is 0 Å². The normalized spacial score (nSPS) is 10.9. The number of nitro groups is 2. The van der Waals surface area contributed by atoms with Crippen LogP contribution < -0.4 is 4.74 Å². The van der Waals surface area contributed by atoms with Crippen LogP contribution in [-0.4, -0.2) is 17.0 Å². The second kappa shape index (κ2) is 4.13. The Kier molecular flexibility index (Phi) is 3.07. The summed E-state index contributed by atoms with van der Waals surface area (Å²) in [6.45, 7) is 0.953. The van der Waals surface area contributed by atoms with Gasteiger partial charge in [0.2, 0.25) is 0 Å². The summed E-state index contributed by atoms with van der Waals surface area (Å²) in [7, 11) is 1.44. The van der Waals surface area contributed by atoms with Gasteiger partial charge in [-0.25, -0.2) is 0 Å². The van der Waals surface area contributed by atoms with Gasteiger partial charge in [0.1, 0.15) is 21.2 Å². The predicted octanol–water partition coefficient (Wildman–Crippen LogP) is 1.42. The summed E-state index contributed by atoms with van der Waals surface area (Å²) >= 11 is 0. The predicted molar refractivity (Wildman–Crippen MR) is 54.3 cm³/mol. The van der Waals surface area contributed by atoms with Gasteiger partial charge in [0.15, 0.2) is 0 Å². The lowest BCUT2D eigenvalue weighted by Crippen LogP contribution is -2.40. The number of nitrogens with zero attached hydrogens (tertiary/aromatic N) is 2. The zero-order valence-corrected chi connectivity index (χ0v) is 8.75. The van der Waals surface area contributed by atoms with Crippen molar-refractivity contribution in [1.82, 2.24) is 0 Å². The van der Waals surface area contributed by atoms with Gasteiger partial charge in [-0.3, -0.25) is 20.2 Å². The van der Waals surface area contributed by atoms with Crippen molar-refractivity contribution in [3.8, 4) is 5.75 Å². The average Bonchev–Trinajstić information content (AvgIpc) is 2.27. The van der Waals surface area contributed by atoms with Gasteiger partial charge in [-0.1, -0.05) is 0 Å². The molecule has 0 N–H and O–H groups in total. The monoisotopic (exact) mass is 226 g/mol. The van der Waals surface area contributed by atoms with E-state index in [2.05, 4.69) is 0 Å². The van der Waals surface area contributed by atoms with E-state index in [1.807, 2.05) is 0 Å². The topological polar surface area (TPSA) is 95.5 Å². The minimum Gasteiger partial charge on any atom is -0.497 e. The Balaban J connectivity index is 3.22. The molecule has 0 bridgehead atoms. The summed E-state index contributed by atoms with van der Waals surface area (Å²) in [4.78, 5) is 19.7. The smallest absolute Gasteiger partial charge is 0.481 e. The van der Waals surface area contributed by atoms with Crippen LogP contribution in [0.25, 0.3) is 0 Å². The summed E-state index contributed by atoms with van der Waals surface area (Å²) in [5.74, 6) is 0.484. The Morgan fingerprint density at radius 3 is 1.88 bits per heavy atom. The van der Waals surface area contributed by atoms with Gasteiger partial charge < -0.3 is 4.74 Å². The minimum absolute atomic E-state index is 0.00306. The first-order valence-electron chi connectivity index (χ1n) is 4.36. The quantitative estimate of drug-likeness (QED) is 0.439. The number of benzene rings is 1. The van der Waals surface area contributed by atoms with E-state index >= 15 is 0 Å². The molecule has 0 radical (unpaired) electrons. The highest BCUT2D eigenvalue weighted by atomic mass is 16.7. The molecule has 86 valence electrons. The highest BCUT2D eigenvalue weighted by Gasteiger charge is 2.52. The van der Waals surface area contributed by atoms with Crippen molar-refractivity contribution >= 4 is 0 Å². The van der Waals surface area contributed by atoms with Crippen molar-refractivity contribution in [2.45, 2.75) is 12.6 Å². The molecule has 16 heavy (non-hydrogen) atoms. The first-order chi connectivity index (χ1) is 7.42. The van der Waals surface area contributed by atoms with Gasteiger partial charge in [-0.15, -0.1) is 0 Å². The van der Waals surface area contributed by atoms with Crippen LogP contribution in [-0.2, 0) is 5.66 Å². The van der Waals surface area contributed by atoms with E-state index in [4.69, 9.17) is 4.74 Å². The molecule has 7 heteroatoms. The second-order valence-corrected chi connectivity index (χ2v) is 3.26. The fourth-order valence-electron chi connectivity index (χ4n) is 1.18. The molecule has 0 saturated heterocycles. The fourth-order valence-corrected chi connectivity index (χ4v) is 1.18. The van der Waals surface area contributed by atoms with Gasteiger partial charge >= 0.3 is 5.66 Å². The summed E-state index contributed by atoms with van der Waals surface area (Å²) in [6.07, 6.45) is 0. The van der Waals surface area contributed by atoms with Crippen molar-refractivity contribution in [3.63, 3.8) is 0 Å². The molecular formula is C9H10N2O5. The Bertz CT molecular complexity index is 400. The van der Waals surface area contributed by atoms with Gasteiger partial charge in [0.05, 0.1) is 14.0 Å². The molecule has 0 fully saturated rings. The van der Waals surface area contributed by atoms with Crippen LogP contribution in [0.2, 0.25) is 0 Å². The SMILES string of the molecule is COc1ccc(C(C)([N+](=O)[O-])[N+](=O)[O-])cc1. The summed E-state index contributed by atoms with van der Waals surface area (Å²) in [5, 5.41) is 21.5. The lowest BCUT2D eigenvalue weighted by Gasteiger charge is -2.12. The highest BCUT2D eigenvalue weighted by Crippen LogP contribution is 2.26. The molecule has 0 atom stereocenters. The van der Waals surface area contributed by atoms with E-state index in [0.29, 0.717) is 5.75 Å². The number of rotatable bonds is 4. The standard InChI is InChI=1S/C9H10N2O5/c1-9(10(12)13,11(14)15)7-3-5-8(16-2)6-4-7/h3-6H,1-2H3. The number of methoxy groups -OCH3 is 1. The maximum atomic E-state index is 10.8. The van der Waals surface area contributed by atoms with Crippen molar-refractivity contribution in [3.05, 3.63) is 50.1 Å². The molecule has 7 nitrogen and oxygen atoms in total. The van der Waals surface area contributed by atoms with Crippen LogP contribution in [0.4, 0.5) is 0 Å². The van der Waals surface area contributed by atoms with E-state index in [1.54, 1.807) is 0 Å². The van der Waals surface area contributed by atoms with E-state index in [-0.39, 0.29) is 5.56 Å². The first kappa shape index (κ1) is 11.9. The third-order valence-corrected chi connectivity index (χ3v) is 2.35. The highest BCUT2D eigenvalue weighted by molar-refractivity contribution is 5.29. The third-order valence-electron chi connectivity index (χ3n) is 2.35. The lowest BCUT2D eigenvalue weighted by atomic mass is 10.0. The molecule has 0 heterocycles.